The first-order valence-electron chi connectivity index (χ1n) is 4.73. The lowest BCUT2D eigenvalue weighted by Gasteiger charge is -2.04. The molecule has 84 valence electrons. The van der Waals surface area contributed by atoms with Gasteiger partial charge in [-0.05, 0) is 34.6 Å². The molecule has 0 saturated heterocycles. The van der Waals surface area contributed by atoms with Crippen LogP contribution >= 0.6 is 21.9 Å². The predicted octanol–water partition coefficient (Wildman–Crippen LogP) is 3.21. The zero-order valence-corrected chi connectivity index (χ0v) is 11.3. The summed E-state index contributed by atoms with van der Waals surface area (Å²) in [7, 11) is 4.24. The van der Waals surface area contributed by atoms with Crippen molar-refractivity contribution in [2.45, 2.75) is 4.90 Å². The van der Waals surface area contributed by atoms with E-state index in [0.717, 1.165) is 21.3 Å². The second kappa shape index (κ2) is 5.93. The molecule has 0 heterocycles. The Morgan fingerprint density at radius 2 is 2.06 bits per heavy atom. The maximum atomic E-state index is 4.94. The Balaban J connectivity index is 2.85. The van der Waals surface area contributed by atoms with E-state index in [9.17, 15) is 0 Å². The molecular weight excluding hydrogens is 235 g/mol. The predicted molar refractivity (Wildman–Crippen MR) is 77.4 cm³/mol. The van der Waals surface area contributed by atoms with Crippen LogP contribution < -0.4 is 5.30 Å². The second-order valence-electron chi connectivity index (χ2n) is 3.30. The topological polar surface area (TPSA) is 9.23 Å². The molecule has 16 heavy (non-hydrogen) atoms. The maximum Gasteiger partial charge on any atom is 0.111 e. The molecule has 0 aliphatic carbocycles. The first kappa shape index (κ1) is 13.1. The average Bonchev–Trinajstić information content (AvgIpc) is 2.29. The van der Waals surface area contributed by atoms with Crippen molar-refractivity contribution >= 4 is 32.7 Å². The number of rotatable bonds is 4. The summed E-state index contributed by atoms with van der Waals surface area (Å²) < 4.78 is 4.94. The molecule has 0 N–H and O–H groups in total. The molecule has 1 nitrogen and oxygen atoms in total. The van der Waals surface area contributed by atoms with E-state index in [-0.39, 0.29) is 0 Å². The van der Waals surface area contributed by atoms with Crippen molar-refractivity contribution in [3.8, 4) is 0 Å². The monoisotopic (exact) mass is 250 g/mol. The Hall–Kier alpha value is -0.980. The summed E-state index contributed by atoms with van der Waals surface area (Å²) in [5.74, 6) is 0.609. The van der Waals surface area contributed by atoms with E-state index >= 15 is 0 Å². The molecule has 0 saturated carbocycles. The Bertz CT molecular complexity index is 449. The minimum atomic E-state index is 0.609. The van der Waals surface area contributed by atoms with Gasteiger partial charge in [0, 0.05) is 4.90 Å². The quantitative estimate of drug-likeness (QED) is 0.373. The van der Waals surface area contributed by atoms with Crippen LogP contribution in [0.2, 0.25) is 0 Å². The molecule has 0 aliphatic rings. The van der Waals surface area contributed by atoms with E-state index in [1.165, 1.54) is 0 Å². The molecule has 1 aromatic rings. The summed E-state index contributed by atoms with van der Waals surface area (Å²) in [6.07, 6.45) is 3.67. The van der Waals surface area contributed by atoms with Crippen LogP contribution in [0, 0.1) is 0 Å². The Kier molecular flexibility index (Phi) is 4.85. The Morgan fingerprint density at radius 1 is 1.38 bits per heavy atom. The molecule has 1 rings (SSSR count). The van der Waals surface area contributed by atoms with E-state index in [2.05, 4.69) is 35.0 Å². The highest BCUT2D eigenvalue weighted by Gasteiger charge is 1.98. The second-order valence-corrected chi connectivity index (χ2v) is 4.41. The van der Waals surface area contributed by atoms with Gasteiger partial charge in [-0.3, -0.25) is 0 Å². The first-order valence-corrected chi connectivity index (χ1v) is 5.76. The van der Waals surface area contributed by atoms with Gasteiger partial charge < -0.3 is 4.74 Å². The van der Waals surface area contributed by atoms with E-state index < -0.39 is 0 Å². The summed E-state index contributed by atoms with van der Waals surface area (Å²) >= 11 is 4.31. The van der Waals surface area contributed by atoms with Crippen LogP contribution in [0.3, 0.4) is 0 Å². The summed E-state index contributed by atoms with van der Waals surface area (Å²) in [6, 6.07) is 5.96. The third-order valence-electron chi connectivity index (χ3n) is 2.13. The SMILES string of the molecule is C=C(/C=C\C(=C)c1ccc(S)c(P)c1)OC. The van der Waals surface area contributed by atoms with Crippen molar-refractivity contribution in [2.75, 3.05) is 7.11 Å². The van der Waals surface area contributed by atoms with Gasteiger partial charge in [-0.2, -0.15) is 0 Å². The summed E-state index contributed by atoms with van der Waals surface area (Å²) in [4.78, 5) is 0.951. The number of hydrogen-bond donors (Lipinski definition) is 1. The van der Waals surface area contributed by atoms with Crippen molar-refractivity contribution in [1.82, 2.24) is 0 Å². The van der Waals surface area contributed by atoms with Gasteiger partial charge >= 0.3 is 0 Å². The highest BCUT2D eigenvalue weighted by atomic mass is 32.1. The van der Waals surface area contributed by atoms with Gasteiger partial charge in [0.2, 0.25) is 0 Å². The molecule has 1 atom stereocenters. The van der Waals surface area contributed by atoms with E-state index in [0.29, 0.717) is 5.76 Å². The van der Waals surface area contributed by atoms with Gasteiger partial charge in [-0.15, -0.1) is 21.9 Å². The lowest BCUT2D eigenvalue weighted by atomic mass is 10.1. The lowest BCUT2D eigenvalue weighted by Crippen LogP contribution is -1.95. The van der Waals surface area contributed by atoms with Gasteiger partial charge in [-0.1, -0.05) is 25.3 Å². The summed E-state index contributed by atoms with van der Waals surface area (Å²) in [5.41, 5.74) is 1.97. The largest absolute Gasteiger partial charge is 0.497 e. The van der Waals surface area contributed by atoms with Gasteiger partial charge in [-0.25, -0.2) is 0 Å². The zero-order chi connectivity index (χ0) is 12.1. The smallest absolute Gasteiger partial charge is 0.111 e. The molecular formula is C13H15OPS. The fourth-order valence-electron chi connectivity index (χ4n) is 1.11. The van der Waals surface area contributed by atoms with Crippen molar-refractivity contribution < 1.29 is 4.74 Å². The van der Waals surface area contributed by atoms with Gasteiger partial charge in [0.25, 0.3) is 0 Å². The molecule has 0 bridgehead atoms. The van der Waals surface area contributed by atoms with Crippen LogP contribution in [-0.2, 0) is 4.74 Å². The first-order chi connectivity index (χ1) is 7.54. The molecule has 0 radical (unpaired) electrons. The van der Waals surface area contributed by atoms with Crippen LogP contribution in [0.5, 0.6) is 0 Å². The number of methoxy groups -OCH3 is 1. The Morgan fingerprint density at radius 3 is 2.62 bits per heavy atom. The molecule has 0 fully saturated rings. The molecule has 1 aromatic carbocycles. The van der Waals surface area contributed by atoms with Gasteiger partial charge in [0.1, 0.15) is 5.76 Å². The van der Waals surface area contributed by atoms with Gasteiger partial charge in [0.15, 0.2) is 0 Å². The van der Waals surface area contributed by atoms with Crippen molar-refractivity contribution in [3.05, 3.63) is 54.8 Å². The highest BCUT2D eigenvalue weighted by Crippen LogP contribution is 2.17. The van der Waals surface area contributed by atoms with Crippen LogP contribution in [0.15, 0.2) is 54.2 Å². The van der Waals surface area contributed by atoms with E-state index in [4.69, 9.17) is 4.74 Å². The standard InChI is InChI=1S/C13H15OPS/c1-9(4-5-10(2)14-3)11-6-7-13(16)12(15)8-11/h4-8,16H,1-2,15H2,3H3/b5-4-. The van der Waals surface area contributed by atoms with Crippen molar-refractivity contribution in [1.29, 1.82) is 0 Å². The molecule has 0 aliphatic heterocycles. The van der Waals surface area contributed by atoms with Crippen LogP contribution in [0.4, 0.5) is 0 Å². The zero-order valence-electron chi connectivity index (χ0n) is 9.23. The van der Waals surface area contributed by atoms with E-state index in [1.807, 2.05) is 24.3 Å². The van der Waals surface area contributed by atoms with Gasteiger partial charge in [0.05, 0.1) is 7.11 Å². The van der Waals surface area contributed by atoms with Crippen molar-refractivity contribution in [3.63, 3.8) is 0 Å². The molecule has 3 heteroatoms. The molecule has 0 spiro atoms. The van der Waals surface area contributed by atoms with Crippen molar-refractivity contribution in [2.24, 2.45) is 0 Å². The summed E-state index contributed by atoms with van der Waals surface area (Å²) in [6.45, 7) is 7.69. The normalized spacial score (nSPS) is 10.4. The third-order valence-corrected chi connectivity index (χ3v) is 3.26. The molecule has 1 unspecified atom stereocenters. The highest BCUT2D eigenvalue weighted by molar-refractivity contribution is 7.80. The Labute approximate surface area is 105 Å². The van der Waals surface area contributed by atoms with Crippen LogP contribution in [-0.4, -0.2) is 7.11 Å². The number of ether oxygens (including phenoxy) is 1. The number of thiol groups is 1. The minimum absolute atomic E-state index is 0.609. The number of allylic oxidation sites excluding steroid dienone is 3. The maximum absolute atomic E-state index is 4.94. The third kappa shape index (κ3) is 3.55. The fraction of sp³-hybridized carbons (Fsp3) is 0.0769. The van der Waals surface area contributed by atoms with Crippen LogP contribution in [0.25, 0.3) is 5.57 Å². The average molecular weight is 250 g/mol. The fourth-order valence-corrected chi connectivity index (χ4v) is 1.53. The lowest BCUT2D eigenvalue weighted by molar-refractivity contribution is 0.309. The minimum Gasteiger partial charge on any atom is -0.497 e. The number of hydrogen-bond acceptors (Lipinski definition) is 2. The molecule has 0 amide bonds. The van der Waals surface area contributed by atoms with E-state index in [1.54, 1.807) is 13.2 Å². The summed E-state index contributed by atoms with van der Waals surface area (Å²) in [5, 5.41) is 1.06. The molecule has 0 aromatic heterocycles. The number of benzene rings is 1. The van der Waals surface area contributed by atoms with Crippen LogP contribution in [0.1, 0.15) is 5.56 Å².